The van der Waals surface area contributed by atoms with Gasteiger partial charge >= 0.3 is 0 Å². The van der Waals surface area contributed by atoms with Gasteiger partial charge in [-0.15, -0.1) is 0 Å². The lowest BCUT2D eigenvalue weighted by Crippen LogP contribution is -2.22. The Labute approximate surface area is 266 Å². The third-order valence-electron chi connectivity index (χ3n) is 8.41. The monoisotopic (exact) mass is 604 g/mol. The number of rotatable bonds is 12. The van der Waals surface area contributed by atoms with Crippen molar-refractivity contribution in [2.24, 2.45) is 0 Å². The van der Waals surface area contributed by atoms with E-state index in [1.807, 2.05) is 32.3 Å². The van der Waals surface area contributed by atoms with Gasteiger partial charge in [0, 0.05) is 41.0 Å². The summed E-state index contributed by atoms with van der Waals surface area (Å²) in [7, 11) is 4.11. The van der Waals surface area contributed by atoms with Gasteiger partial charge < -0.3 is 9.88 Å². The van der Waals surface area contributed by atoms with Crippen molar-refractivity contribution in [2.75, 3.05) is 33.7 Å². The topological polar surface area (TPSA) is 63.8 Å². The van der Waals surface area contributed by atoms with E-state index in [0.29, 0.717) is 0 Å². The van der Waals surface area contributed by atoms with Gasteiger partial charge in [0.25, 0.3) is 0 Å². The molecule has 0 bridgehead atoms. The maximum atomic E-state index is 14.9. The summed E-state index contributed by atoms with van der Waals surface area (Å²) < 4.78 is 14.9. The minimum atomic E-state index is -0.237. The lowest BCUT2D eigenvalue weighted by atomic mass is 9.94. The van der Waals surface area contributed by atoms with Crippen LogP contribution in [-0.4, -0.2) is 63.7 Å². The minimum Gasteiger partial charge on any atom is -0.357 e. The van der Waals surface area contributed by atoms with Gasteiger partial charge in [0.1, 0.15) is 11.5 Å². The first-order valence-corrected chi connectivity index (χ1v) is 15.8. The second-order valence-electron chi connectivity index (χ2n) is 12.2. The van der Waals surface area contributed by atoms with Crippen LogP contribution in [0, 0.1) is 12.7 Å². The van der Waals surface area contributed by atoms with E-state index in [1.54, 1.807) is 18.2 Å². The van der Waals surface area contributed by atoms with Crippen LogP contribution in [0.2, 0.25) is 0 Å². The average Bonchev–Trinajstić information content (AvgIpc) is 3.75. The quantitative estimate of drug-likeness (QED) is 0.188. The zero-order valence-corrected chi connectivity index (χ0v) is 27.1. The number of hydrogen-bond donors (Lipinski definition) is 2. The fraction of sp³-hybridized carbons (Fsp3) is 0.316. The van der Waals surface area contributed by atoms with Gasteiger partial charge in [-0.05, 0) is 131 Å². The second kappa shape index (κ2) is 14.6. The Bertz CT molecular complexity index is 1820. The van der Waals surface area contributed by atoms with Crippen LogP contribution in [0.3, 0.4) is 0 Å². The molecule has 1 aliphatic rings. The number of allylic oxidation sites excluding steroid dienone is 4. The van der Waals surface area contributed by atoms with Gasteiger partial charge in [0.05, 0.1) is 11.0 Å². The highest BCUT2D eigenvalue weighted by atomic mass is 19.1. The van der Waals surface area contributed by atoms with E-state index in [0.717, 1.165) is 100 Å². The average molecular weight is 605 g/mol. The molecular weight excluding hydrogens is 559 g/mol. The Balaban J connectivity index is 1.48. The van der Waals surface area contributed by atoms with Crippen LogP contribution >= 0.6 is 0 Å². The van der Waals surface area contributed by atoms with E-state index in [-0.39, 0.29) is 5.82 Å². The van der Waals surface area contributed by atoms with Crippen molar-refractivity contribution in [3.63, 3.8) is 0 Å². The fourth-order valence-electron chi connectivity index (χ4n) is 6.14. The molecule has 45 heavy (non-hydrogen) atoms. The van der Waals surface area contributed by atoms with Crippen LogP contribution in [0.15, 0.2) is 67.5 Å². The van der Waals surface area contributed by atoms with E-state index < -0.39 is 0 Å². The molecule has 0 saturated carbocycles. The Morgan fingerprint density at radius 1 is 1.07 bits per heavy atom. The number of aromatic nitrogens is 4. The van der Waals surface area contributed by atoms with E-state index in [4.69, 9.17) is 0 Å². The number of halogens is 1. The lowest BCUT2D eigenvalue weighted by Gasteiger charge is -2.15. The zero-order chi connectivity index (χ0) is 31.9. The zero-order valence-electron chi connectivity index (χ0n) is 27.1. The summed E-state index contributed by atoms with van der Waals surface area (Å²) in [5, 5.41) is 9.38. The summed E-state index contributed by atoms with van der Waals surface area (Å²) in [4.78, 5) is 12.7. The summed E-state index contributed by atoms with van der Waals surface area (Å²) in [6, 6.07) is 9.64. The normalized spacial score (nSPS) is 15.0. The number of nitrogens with zero attached hydrogens (tertiary/aromatic N) is 4. The van der Waals surface area contributed by atoms with Crippen molar-refractivity contribution in [2.45, 2.75) is 46.1 Å². The molecule has 1 aliphatic heterocycles. The highest BCUT2D eigenvalue weighted by Gasteiger charge is 2.17. The van der Waals surface area contributed by atoms with Crippen molar-refractivity contribution in [1.82, 2.24) is 30.0 Å². The van der Waals surface area contributed by atoms with Crippen molar-refractivity contribution in [3.8, 4) is 11.4 Å². The maximum absolute atomic E-state index is 14.9. The molecule has 0 spiro atoms. The van der Waals surface area contributed by atoms with Crippen LogP contribution < -0.4 is 10.6 Å². The van der Waals surface area contributed by atoms with Crippen molar-refractivity contribution in [1.29, 1.82) is 0 Å². The maximum Gasteiger partial charge on any atom is 0.124 e. The van der Waals surface area contributed by atoms with Gasteiger partial charge in [-0.2, -0.15) is 5.10 Å². The first-order chi connectivity index (χ1) is 21.7. The molecule has 0 unspecified atom stereocenters. The molecule has 234 valence electrons. The van der Waals surface area contributed by atoms with Gasteiger partial charge in [0.15, 0.2) is 0 Å². The van der Waals surface area contributed by atoms with Crippen molar-refractivity contribution >= 4 is 23.8 Å². The van der Waals surface area contributed by atoms with Crippen LogP contribution in [-0.2, 0) is 13.0 Å². The summed E-state index contributed by atoms with van der Waals surface area (Å²) >= 11 is 0. The second-order valence-corrected chi connectivity index (χ2v) is 12.2. The first kappa shape index (κ1) is 32.1. The summed E-state index contributed by atoms with van der Waals surface area (Å²) in [6.45, 7) is 16.4. The van der Waals surface area contributed by atoms with Crippen LogP contribution in [0.5, 0.6) is 0 Å². The third-order valence-corrected chi connectivity index (χ3v) is 8.41. The summed E-state index contributed by atoms with van der Waals surface area (Å²) in [5.74, 6) is -0.237. The van der Waals surface area contributed by atoms with Crippen LogP contribution in [0.25, 0.3) is 35.2 Å². The number of hydrogen-bond acceptors (Lipinski definition) is 4. The predicted molar refractivity (Wildman–Crippen MR) is 185 cm³/mol. The van der Waals surface area contributed by atoms with Gasteiger partial charge in [-0.25, -0.2) is 4.39 Å². The molecule has 1 aromatic carbocycles. The van der Waals surface area contributed by atoms with Gasteiger partial charge in [-0.1, -0.05) is 37.5 Å². The first-order valence-electron chi connectivity index (χ1n) is 15.8. The van der Waals surface area contributed by atoms with E-state index in [2.05, 4.69) is 87.6 Å². The Kier molecular flexibility index (Phi) is 10.4. The largest absolute Gasteiger partial charge is 0.357 e. The number of pyridine rings is 1. The predicted octanol–water partition coefficient (Wildman–Crippen LogP) is 6.25. The number of nitrogens with one attached hydrogen (secondary N) is 2. The number of H-pyrrole nitrogens is 2. The van der Waals surface area contributed by atoms with Gasteiger partial charge in [0.2, 0.25) is 0 Å². The summed E-state index contributed by atoms with van der Waals surface area (Å²) in [5.41, 5.74) is 9.61. The Morgan fingerprint density at radius 3 is 2.58 bits per heavy atom. The molecule has 1 fully saturated rings. The van der Waals surface area contributed by atoms with Gasteiger partial charge in [-0.3, -0.25) is 15.0 Å². The van der Waals surface area contributed by atoms with E-state index in [1.165, 1.54) is 18.4 Å². The number of likely N-dealkylation sites (tertiary alicyclic amines) is 1. The Hall–Kier alpha value is -4.33. The third kappa shape index (κ3) is 7.85. The Morgan fingerprint density at radius 2 is 1.84 bits per heavy atom. The van der Waals surface area contributed by atoms with E-state index >= 15 is 0 Å². The molecule has 4 heterocycles. The molecule has 4 aromatic rings. The minimum absolute atomic E-state index is 0.237. The highest BCUT2D eigenvalue weighted by Crippen LogP contribution is 2.31. The van der Waals surface area contributed by atoms with Crippen molar-refractivity contribution in [3.05, 3.63) is 117 Å². The molecule has 7 heteroatoms. The molecule has 0 radical (unpaired) electrons. The molecule has 3 aromatic heterocycles. The lowest BCUT2D eigenvalue weighted by molar-refractivity contribution is 0.331. The molecule has 0 amide bonds. The molecular formula is C38H45FN6. The van der Waals surface area contributed by atoms with Crippen molar-refractivity contribution < 1.29 is 4.39 Å². The number of aromatic amines is 2. The van der Waals surface area contributed by atoms with Crippen LogP contribution in [0.1, 0.15) is 59.7 Å². The summed E-state index contributed by atoms with van der Waals surface area (Å²) in [6.07, 6.45) is 16.1. The smallest absolute Gasteiger partial charge is 0.124 e. The molecule has 1 saturated heterocycles. The molecule has 5 rings (SSSR count). The van der Waals surface area contributed by atoms with Crippen LogP contribution in [0.4, 0.5) is 4.39 Å². The number of benzene rings is 1. The molecule has 0 aliphatic carbocycles. The highest BCUT2D eigenvalue weighted by molar-refractivity contribution is 5.89. The van der Waals surface area contributed by atoms with E-state index in [9.17, 15) is 4.39 Å². The number of aryl methyl sites for hydroxylation is 2. The standard InChI is InChI=1S/C38H45FN6/c1-7-12-34(31-17-28(19-33(39)20-31)13-11-14-44(5)6)35-22-37(41-26(35)3)38-36(27(4)42-43-38)21-30(8-2)32-18-29(23-40-24-32)25-45-15-9-10-16-45/h7-8,12,17-24,41-42H,1,4,9-11,13-16,25H2,2-3,5-6H3/b30-8+,34-12-,36-21+. The molecule has 6 nitrogen and oxygen atoms in total. The fourth-order valence-corrected chi connectivity index (χ4v) is 6.14. The SMILES string of the molecule is C=C/C=C(/c1cc(F)cc(CCCN(C)C)c1)c1cc(-c2n[nH]c(=C)/c2=C\C(=C/C)c2cncc(CN3CCCC3)c2)[nH]c1C. The molecule has 2 N–H and O–H groups in total. The molecule has 0 atom stereocenters.